The molecule has 0 aliphatic carbocycles. The van der Waals surface area contributed by atoms with E-state index in [0.29, 0.717) is 35.6 Å². The Kier molecular flexibility index (Phi) is 5.13. The average molecular weight is 400 g/mol. The number of carbonyl (C=O) groups is 1. The zero-order valence-electron chi connectivity index (χ0n) is 16.1. The predicted octanol–water partition coefficient (Wildman–Crippen LogP) is 3.00. The molecule has 0 aliphatic heterocycles. The number of benzene rings is 2. The number of nitrogens with zero attached hydrogens (tertiary/aromatic N) is 5. The van der Waals surface area contributed by atoms with Crippen molar-refractivity contribution in [1.82, 2.24) is 19.7 Å². The summed E-state index contributed by atoms with van der Waals surface area (Å²) >= 11 is 0. The van der Waals surface area contributed by atoms with Crippen LogP contribution in [0.15, 0.2) is 73.6 Å². The second-order valence-electron chi connectivity index (χ2n) is 6.61. The van der Waals surface area contributed by atoms with Crippen LogP contribution in [-0.4, -0.2) is 37.3 Å². The number of hydrogen-bond acceptors (Lipinski definition) is 6. The molecule has 4 aromatic rings. The highest BCUT2D eigenvalue weighted by Crippen LogP contribution is 2.31. The van der Waals surface area contributed by atoms with Gasteiger partial charge in [0.15, 0.2) is 5.65 Å². The molecule has 0 unspecified atom stereocenters. The molecule has 2 aromatic carbocycles. The molecular weight excluding hydrogens is 380 g/mol. The van der Waals surface area contributed by atoms with E-state index in [0.717, 1.165) is 11.3 Å². The predicted molar refractivity (Wildman–Crippen MR) is 116 cm³/mol. The number of hydrogen-bond donors (Lipinski definition) is 2. The summed E-state index contributed by atoms with van der Waals surface area (Å²) in [5, 5.41) is 14.9. The van der Waals surface area contributed by atoms with E-state index in [9.17, 15) is 9.90 Å². The molecule has 1 amide bonds. The first-order valence-corrected chi connectivity index (χ1v) is 9.34. The van der Waals surface area contributed by atoms with Gasteiger partial charge in [-0.2, -0.15) is 5.10 Å². The summed E-state index contributed by atoms with van der Waals surface area (Å²) in [5.41, 5.74) is 8.86. The van der Waals surface area contributed by atoms with Crippen molar-refractivity contribution in [2.45, 2.75) is 6.54 Å². The van der Waals surface area contributed by atoms with Gasteiger partial charge >= 0.3 is 0 Å². The van der Waals surface area contributed by atoms with Gasteiger partial charge in [-0.3, -0.25) is 4.79 Å². The fraction of sp³-hybridized carbons (Fsp3) is 0.0909. The van der Waals surface area contributed by atoms with Gasteiger partial charge in [-0.15, -0.1) is 0 Å². The second kappa shape index (κ2) is 8.04. The van der Waals surface area contributed by atoms with Crippen molar-refractivity contribution in [2.24, 2.45) is 0 Å². The Hall–Kier alpha value is -4.20. The van der Waals surface area contributed by atoms with E-state index in [1.54, 1.807) is 33.8 Å². The first-order chi connectivity index (χ1) is 14.6. The number of nitrogens with two attached hydrogens (primary N) is 1. The summed E-state index contributed by atoms with van der Waals surface area (Å²) in [6.07, 6.45) is 2.68. The standard InChI is InChI=1S/C22H20N6O2/c1-2-18(30)27(16-6-4-3-5-7-16)12-13-28-22-19(21(23)24-14-25-22)20(26-28)15-8-10-17(29)11-9-15/h2-11,14,29H,1,12-13H2,(H2,23,24,25). The lowest BCUT2D eigenvalue weighted by Crippen LogP contribution is -2.32. The van der Waals surface area contributed by atoms with Gasteiger partial charge in [0.1, 0.15) is 23.6 Å². The van der Waals surface area contributed by atoms with Crippen LogP contribution in [0, 0.1) is 0 Å². The summed E-state index contributed by atoms with van der Waals surface area (Å²) in [6, 6.07) is 16.1. The molecule has 0 radical (unpaired) electrons. The fourth-order valence-corrected chi connectivity index (χ4v) is 3.29. The SMILES string of the molecule is C=CC(=O)N(CCn1nc(-c2ccc(O)cc2)c2c(N)ncnc21)c1ccccc1. The van der Waals surface area contributed by atoms with Gasteiger partial charge in [0.05, 0.1) is 11.9 Å². The van der Waals surface area contributed by atoms with E-state index in [1.165, 1.54) is 12.4 Å². The quantitative estimate of drug-likeness (QED) is 0.482. The maximum atomic E-state index is 12.4. The Labute approximate surface area is 172 Å². The molecule has 0 saturated carbocycles. The minimum absolute atomic E-state index is 0.160. The molecule has 4 rings (SSSR count). The Morgan fingerprint density at radius 3 is 2.57 bits per heavy atom. The lowest BCUT2D eigenvalue weighted by atomic mass is 10.1. The summed E-state index contributed by atoms with van der Waals surface area (Å²) in [5.74, 6) is 0.273. The van der Waals surface area contributed by atoms with E-state index >= 15 is 0 Å². The van der Waals surface area contributed by atoms with Crippen LogP contribution < -0.4 is 10.6 Å². The average Bonchev–Trinajstić information content (AvgIpc) is 3.15. The third kappa shape index (κ3) is 3.58. The number of anilines is 2. The lowest BCUT2D eigenvalue weighted by molar-refractivity contribution is -0.114. The van der Waals surface area contributed by atoms with Crippen LogP contribution in [-0.2, 0) is 11.3 Å². The maximum absolute atomic E-state index is 12.4. The molecule has 2 aromatic heterocycles. The normalized spacial score (nSPS) is 10.8. The largest absolute Gasteiger partial charge is 0.508 e. The van der Waals surface area contributed by atoms with E-state index in [1.807, 2.05) is 30.3 Å². The molecule has 0 bridgehead atoms. The minimum atomic E-state index is -0.203. The van der Waals surface area contributed by atoms with E-state index < -0.39 is 0 Å². The van der Waals surface area contributed by atoms with Crippen molar-refractivity contribution in [3.63, 3.8) is 0 Å². The molecule has 0 aliphatic rings. The van der Waals surface area contributed by atoms with Crippen molar-refractivity contribution >= 4 is 28.4 Å². The molecule has 0 saturated heterocycles. The van der Waals surface area contributed by atoms with Crippen LogP contribution in [0.4, 0.5) is 11.5 Å². The Morgan fingerprint density at radius 1 is 1.13 bits per heavy atom. The van der Waals surface area contributed by atoms with Crippen molar-refractivity contribution < 1.29 is 9.90 Å². The number of nitrogen functional groups attached to an aromatic ring is 1. The summed E-state index contributed by atoms with van der Waals surface area (Å²) < 4.78 is 1.71. The van der Waals surface area contributed by atoms with Crippen LogP contribution in [0.2, 0.25) is 0 Å². The smallest absolute Gasteiger partial charge is 0.250 e. The van der Waals surface area contributed by atoms with Gasteiger partial charge in [0, 0.05) is 17.8 Å². The molecule has 8 heteroatoms. The molecule has 3 N–H and O–H groups in total. The topological polar surface area (TPSA) is 110 Å². The third-order valence-corrected chi connectivity index (χ3v) is 4.74. The van der Waals surface area contributed by atoms with Crippen LogP contribution in [0.3, 0.4) is 0 Å². The first kappa shape index (κ1) is 19.1. The molecule has 30 heavy (non-hydrogen) atoms. The van der Waals surface area contributed by atoms with Gasteiger partial charge in [-0.1, -0.05) is 24.8 Å². The van der Waals surface area contributed by atoms with Crippen molar-refractivity contribution in [1.29, 1.82) is 0 Å². The number of phenolic OH excluding ortho intramolecular Hbond substituents is 1. The zero-order chi connectivity index (χ0) is 21.1. The minimum Gasteiger partial charge on any atom is -0.508 e. The van der Waals surface area contributed by atoms with Gasteiger partial charge in [0.25, 0.3) is 0 Å². The van der Waals surface area contributed by atoms with Crippen molar-refractivity contribution in [3.05, 3.63) is 73.6 Å². The van der Waals surface area contributed by atoms with Gasteiger partial charge < -0.3 is 15.7 Å². The Balaban J connectivity index is 1.72. The van der Waals surface area contributed by atoms with Gasteiger partial charge in [-0.25, -0.2) is 14.6 Å². The Morgan fingerprint density at radius 2 is 1.87 bits per heavy atom. The molecule has 150 valence electrons. The van der Waals surface area contributed by atoms with E-state index in [4.69, 9.17) is 5.73 Å². The maximum Gasteiger partial charge on any atom is 0.250 e. The number of aromatic hydroxyl groups is 1. The molecule has 2 heterocycles. The highest BCUT2D eigenvalue weighted by Gasteiger charge is 2.19. The van der Waals surface area contributed by atoms with E-state index in [2.05, 4.69) is 21.6 Å². The molecule has 0 spiro atoms. The monoisotopic (exact) mass is 400 g/mol. The van der Waals surface area contributed by atoms with Crippen molar-refractivity contribution in [3.8, 4) is 17.0 Å². The molecule has 0 atom stereocenters. The van der Waals surface area contributed by atoms with E-state index in [-0.39, 0.29) is 11.7 Å². The lowest BCUT2D eigenvalue weighted by Gasteiger charge is -2.21. The molecular formula is C22H20N6O2. The zero-order valence-corrected chi connectivity index (χ0v) is 16.1. The number of amides is 1. The van der Waals surface area contributed by atoms with Crippen LogP contribution >= 0.6 is 0 Å². The van der Waals surface area contributed by atoms with Gasteiger partial charge in [-0.05, 0) is 42.5 Å². The summed E-state index contributed by atoms with van der Waals surface area (Å²) in [4.78, 5) is 22.5. The van der Waals surface area contributed by atoms with Crippen LogP contribution in [0.5, 0.6) is 5.75 Å². The Bertz CT molecular complexity index is 1200. The van der Waals surface area contributed by atoms with Crippen LogP contribution in [0.1, 0.15) is 0 Å². The number of rotatable bonds is 6. The highest BCUT2D eigenvalue weighted by molar-refractivity contribution is 6.01. The van der Waals surface area contributed by atoms with Crippen LogP contribution in [0.25, 0.3) is 22.3 Å². The molecule has 0 fully saturated rings. The summed E-state index contributed by atoms with van der Waals surface area (Å²) in [7, 11) is 0. The van der Waals surface area contributed by atoms with Gasteiger partial charge in [0.2, 0.25) is 5.91 Å². The molecule has 8 nitrogen and oxygen atoms in total. The number of para-hydroxylation sites is 1. The number of carbonyl (C=O) groups excluding carboxylic acids is 1. The number of fused-ring (bicyclic) bond motifs is 1. The van der Waals surface area contributed by atoms with Crippen molar-refractivity contribution in [2.75, 3.05) is 17.2 Å². The number of phenols is 1. The second-order valence-corrected chi connectivity index (χ2v) is 6.61. The third-order valence-electron chi connectivity index (χ3n) is 4.74. The highest BCUT2D eigenvalue weighted by atomic mass is 16.3. The fourth-order valence-electron chi connectivity index (χ4n) is 3.29. The number of aromatic nitrogens is 4. The summed E-state index contributed by atoms with van der Waals surface area (Å²) in [6.45, 7) is 4.36. The first-order valence-electron chi connectivity index (χ1n) is 9.34.